The van der Waals surface area contributed by atoms with Crippen molar-refractivity contribution in [1.29, 1.82) is 0 Å². The molecule has 0 radical (unpaired) electrons. The van der Waals surface area contributed by atoms with Crippen LogP contribution in [0.15, 0.2) is 10.4 Å². The van der Waals surface area contributed by atoms with E-state index in [1.807, 2.05) is 6.92 Å². The summed E-state index contributed by atoms with van der Waals surface area (Å²) in [7, 11) is 1.81. The van der Waals surface area contributed by atoms with Gasteiger partial charge in [-0.05, 0) is 26.2 Å². The number of guanidine groups is 1. The van der Waals surface area contributed by atoms with Crippen molar-refractivity contribution in [2.75, 3.05) is 7.05 Å². The molecule has 1 fully saturated rings. The molecule has 0 unspecified atom stereocenters. The molecule has 0 aliphatic heterocycles. The van der Waals surface area contributed by atoms with E-state index in [0.717, 1.165) is 23.2 Å². The van der Waals surface area contributed by atoms with E-state index in [2.05, 4.69) is 26.0 Å². The summed E-state index contributed by atoms with van der Waals surface area (Å²) in [6, 6.07) is 0.615. The van der Waals surface area contributed by atoms with Gasteiger partial charge < -0.3 is 10.6 Å². The maximum atomic E-state index is 4.40. The van der Waals surface area contributed by atoms with Gasteiger partial charge in [-0.25, -0.2) is 4.98 Å². The number of nitrogens with zero attached hydrogens (tertiary/aromatic N) is 2. The first kappa shape index (κ1) is 11.4. The summed E-state index contributed by atoms with van der Waals surface area (Å²) in [5, 5.41) is 9.86. The summed E-state index contributed by atoms with van der Waals surface area (Å²) in [5.74, 6) is 0.887. The third kappa shape index (κ3) is 2.95. The molecule has 0 aromatic carbocycles. The molecule has 1 aromatic heterocycles. The van der Waals surface area contributed by atoms with Crippen LogP contribution in [0.25, 0.3) is 0 Å². The van der Waals surface area contributed by atoms with Crippen molar-refractivity contribution in [3.8, 4) is 0 Å². The second kappa shape index (κ2) is 5.30. The lowest BCUT2D eigenvalue weighted by atomic mass is 9.93. The Morgan fingerprint density at radius 1 is 1.62 bits per heavy atom. The number of nitrogens with one attached hydrogen (secondary N) is 2. The largest absolute Gasteiger partial charge is 0.354 e. The Labute approximate surface area is 100 Å². The molecular formula is C11H18N4S. The van der Waals surface area contributed by atoms with Crippen molar-refractivity contribution < 1.29 is 0 Å². The third-order valence-electron chi connectivity index (χ3n) is 2.74. The zero-order valence-corrected chi connectivity index (χ0v) is 10.6. The van der Waals surface area contributed by atoms with Crippen LogP contribution in [-0.4, -0.2) is 24.0 Å². The molecule has 4 nitrogen and oxygen atoms in total. The van der Waals surface area contributed by atoms with Crippen LogP contribution in [0.2, 0.25) is 0 Å². The van der Waals surface area contributed by atoms with E-state index in [-0.39, 0.29) is 0 Å². The highest BCUT2D eigenvalue weighted by atomic mass is 32.1. The summed E-state index contributed by atoms with van der Waals surface area (Å²) in [6.45, 7) is 2.77. The van der Waals surface area contributed by atoms with E-state index >= 15 is 0 Å². The number of aromatic nitrogens is 1. The minimum Gasteiger partial charge on any atom is -0.354 e. The summed E-state index contributed by atoms with van der Waals surface area (Å²) >= 11 is 1.68. The van der Waals surface area contributed by atoms with Gasteiger partial charge in [0.15, 0.2) is 5.96 Å². The molecule has 2 rings (SSSR count). The number of aryl methyl sites for hydroxylation is 1. The van der Waals surface area contributed by atoms with Crippen LogP contribution in [0.1, 0.15) is 30.0 Å². The van der Waals surface area contributed by atoms with Crippen molar-refractivity contribution in [1.82, 2.24) is 15.6 Å². The second-order valence-electron chi connectivity index (χ2n) is 4.08. The lowest BCUT2D eigenvalue weighted by Gasteiger charge is -2.28. The van der Waals surface area contributed by atoms with Gasteiger partial charge >= 0.3 is 0 Å². The van der Waals surface area contributed by atoms with Gasteiger partial charge in [0, 0.05) is 24.2 Å². The Morgan fingerprint density at radius 2 is 2.44 bits per heavy atom. The van der Waals surface area contributed by atoms with Crippen molar-refractivity contribution in [3.05, 3.63) is 16.1 Å². The summed E-state index contributed by atoms with van der Waals surface area (Å²) < 4.78 is 0. The van der Waals surface area contributed by atoms with Gasteiger partial charge in [-0.1, -0.05) is 0 Å². The molecule has 1 heterocycles. The van der Waals surface area contributed by atoms with E-state index in [9.17, 15) is 0 Å². The molecule has 1 aliphatic carbocycles. The standard InChI is InChI=1S/C11H18N4S/c1-8-7-16-10(14-8)6-13-11(12-2)15-9-4-3-5-9/h7,9H,3-6H2,1-2H3,(H2,12,13,15). The molecule has 0 bridgehead atoms. The first-order valence-corrected chi connectivity index (χ1v) is 6.54. The molecule has 0 spiro atoms. The van der Waals surface area contributed by atoms with Crippen molar-refractivity contribution in [2.24, 2.45) is 4.99 Å². The fourth-order valence-corrected chi connectivity index (χ4v) is 2.30. The van der Waals surface area contributed by atoms with Crippen LogP contribution >= 0.6 is 11.3 Å². The van der Waals surface area contributed by atoms with Crippen molar-refractivity contribution >= 4 is 17.3 Å². The lowest BCUT2D eigenvalue weighted by Crippen LogP contribution is -2.45. The summed E-state index contributed by atoms with van der Waals surface area (Å²) in [5.41, 5.74) is 1.09. The zero-order chi connectivity index (χ0) is 11.4. The average Bonchev–Trinajstić information content (AvgIpc) is 2.62. The molecule has 88 valence electrons. The van der Waals surface area contributed by atoms with Crippen LogP contribution in [0.5, 0.6) is 0 Å². The third-order valence-corrected chi connectivity index (χ3v) is 3.71. The number of aliphatic imine (C=N–C) groups is 1. The first-order valence-electron chi connectivity index (χ1n) is 5.66. The summed E-state index contributed by atoms with van der Waals surface area (Å²) in [4.78, 5) is 8.61. The molecule has 16 heavy (non-hydrogen) atoms. The molecule has 1 saturated carbocycles. The van der Waals surface area contributed by atoms with Crippen LogP contribution in [0, 0.1) is 6.92 Å². The second-order valence-corrected chi connectivity index (χ2v) is 5.02. The highest BCUT2D eigenvalue weighted by Gasteiger charge is 2.18. The first-order chi connectivity index (χ1) is 7.78. The van der Waals surface area contributed by atoms with E-state index in [1.54, 1.807) is 18.4 Å². The number of hydrogen-bond acceptors (Lipinski definition) is 3. The van der Waals surface area contributed by atoms with Gasteiger partial charge in [0.2, 0.25) is 0 Å². The molecule has 0 amide bonds. The Morgan fingerprint density at radius 3 is 2.94 bits per heavy atom. The Kier molecular flexibility index (Phi) is 3.77. The molecule has 1 aliphatic rings. The molecule has 5 heteroatoms. The fraction of sp³-hybridized carbons (Fsp3) is 0.636. The van der Waals surface area contributed by atoms with Gasteiger partial charge in [-0.15, -0.1) is 11.3 Å². The van der Waals surface area contributed by atoms with Crippen LogP contribution in [0.3, 0.4) is 0 Å². The predicted molar refractivity (Wildman–Crippen MR) is 67.8 cm³/mol. The van der Waals surface area contributed by atoms with Crippen molar-refractivity contribution in [2.45, 2.75) is 38.8 Å². The smallest absolute Gasteiger partial charge is 0.191 e. The zero-order valence-electron chi connectivity index (χ0n) is 9.79. The maximum absolute atomic E-state index is 4.40. The summed E-state index contributed by atoms with van der Waals surface area (Å²) in [6.07, 6.45) is 3.86. The van der Waals surface area contributed by atoms with Crippen LogP contribution in [-0.2, 0) is 6.54 Å². The topological polar surface area (TPSA) is 49.3 Å². The van der Waals surface area contributed by atoms with Gasteiger partial charge in [0.05, 0.1) is 6.54 Å². The fourth-order valence-electron chi connectivity index (χ4n) is 1.58. The van der Waals surface area contributed by atoms with Crippen LogP contribution < -0.4 is 10.6 Å². The van der Waals surface area contributed by atoms with E-state index < -0.39 is 0 Å². The predicted octanol–water partition coefficient (Wildman–Crippen LogP) is 1.67. The number of rotatable bonds is 3. The minimum atomic E-state index is 0.615. The number of hydrogen-bond donors (Lipinski definition) is 2. The van der Waals surface area contributed by atoms with Gasteiger partial charge in [0.25, 0.3) is 0 Å². The maximum Gasteiger partial charge on any atom is 0.191 e. The highest BCUT2D eigenvalue weighted by molar-refractivity contribution is 7.09. The molecular weight excluding hydrogens is 220 g/mol. The minimum absolute atomic E-state index is 0.615. The SMILES string of the molecule is CN=C(NCc1nc(C)cs1)NC1CCC1. The molecule has 0 atom stereocenters. The number of thiazole rings is 1. The van der Waals surface area contributed by atoms with Gasteiger partial charge in [-0.2, -0.15) is 0 Å². The Balaban J connectivity index is 1.78. The van der Waals surface area contributed by atoms with Gasteiger partial charge in [-0.3, -0.25) is 4.99 Å². The quantitative estimate of drug-likeness (QED) is 0.622. The molecule has 0 saturated heterocycles. The lowest BCUT2D eigenvalue weighted by molar-refractivity contribution is 0.380. The Hall–Kier alpha value is -1.10. The average molecular weight is 238 g/mol. The van der Waals surface area contributed by atoms with Crippen molar-refractivity contribution in [3.63, 3.8) is 0 Å². The Bertz CT molecular complexity index is 368. The monoisotopic (exact) mass is 238 g/mol. The highest BCUT2D eigenvalue weighted by Crippen LogP contribution is 2.17. The van der Waals surface area contributed by atoms with E-state index in [0.29, 0.717) is 6.04 Å². The van der Waals surface area contributed by atoms with Gasteiger partial charge in [0.1, 0.15) is 5.01 Å². The normalized spacial score (nSPS) is 17.0. The van der Waals surface area contributed by atoms with E-state index in [4.69, 9.17) is 0 Å². The van der Waals surface area contributed by atoms with Crippen LogP contribution in [0.4, 0.5) is 0 Å². The van der Waals surface area contributed by atoms with E-state index in [1.165, 1.54) is 19.3 Å². The molecule has 1 aromatic rings. The molecule has 2 N–H and O–H groups in total.